The van der Waals surface area contributed by atoms with Gasteiger partial charge in [0, 0.05) is 6.42 Å². The molecule has 4 aliphatic rings. The first kappa shape index (κ1) is 14.8. The van der Waals surface area contributed by atoms with Crippen LogP contribution in [0.15, 0.2) is 0 Å². The third-order valence-corrected chi connectivity index (χ3v) is 7.00. The van der Waals surface area contributed by atoms with Crippen LogP contribution in [0.25, 0.3) is 0 Å². The number of aliphatic hydroxyl groups is 4. The molecule has 124 valence electrons. The average molecular weight is 314 g/mol. The summed E-state index contributed by atoms with van der Waals surface area (Å²) in [6, 6.07) is 0. The lowest BCUT2D eigenvalue weighted by molar-refractivity contribution is -0.284. The molecular formula is C15H22O7. The van der Waals surface area contributed by atoms with Crippen LogP contribution in [0.3, 0.4) is 0 Å². The fourth-order valence-corrected chi connectivity index (χ4v) is 5.47. The molecule has 0 spiro atoms. The molecule has 2 saturated carbocycles. The molecule has 2 heterocycles. The fourth-order valence-electron chi connectivity index (χ4n) is 5.47. The SMILES string of the molecule is CC(C)[C@]1(O)[C@@H]2OC(=O)[C@H]1[C@]1(O)C[C@H]3O[C@@]3(CO)[C@]1(C)[C@@H]2O. The van der Waals surface area contributed by atoms with E-state index in [1.807, 2.05) is 0 Å². The predicted molar refractivity (Wildman–Crippen MR) is 71.5 cm³/mol. The first-order valence-corrected chi connectivity index (χ1v) is 7.73. The summed E-state index contributed by atoms with van der Waals surface area (Å²) in [7, 11) is 0. The number of ether oxygens (including phenoxy) is 2. The predicted octanol–water partition coefficient (Wildman–Crippen LogP) is -1.44. The Hall–Kier alpha value is -0.730. The normalized spacial score (nSPS) is 61.9. The molecule has 0 radical (unpaired) electrons. The summed E-state index contributed by atoms with van der Waals surface area (Å²) < 4.78 is 10.8. The second-order valence-electron chi connectivity index (χ2n) is 7.76. The molecule has 7 nitrogen and oxygen atoms in total. The molecule has 2 aliphatic carbocycles. The number of rotatable bonds is 2. The first-order valence-electron chi connectivity index (χ1n) is 7.73. The third-order valence-electron chi connectivity index (χ3n) is 7.00. The zero-order valence-corrected chi connectivity index (χ0v) is 12.8. The maximum absolute atomic E-state index is 12.4. The molecule has 4 N–H and O–H groups in total. The minimum absolute atomic E-state index is 0.0859. The van der Waals surface area contributed by atoms with E-state index in [0.717, 1.165) is 0 Å². The lowest BCUT2D eigenvalue weighted by atomic mass is 9.50. The molecular weight excluding hydrogens is 292 g/mol. The van der Waals surface area contributed by atoms with Gasteiger partial charge in [0.25, 0.3) is 0 Å². The number of hydrogen-bond acceptors (Lipinski definition) is 7. The van der Waals surface area contributed by atoms with E-state index in [0.29, 0.717) is 0 Å². The van der Waals surface area contributed by atoms with Gasteiger partial charge in [0.15, 0.2) is 6.10 Å². The van der Waals surface area contributed by atoms with Crippen molar-refractivity contribution in [3.8, 4) is 0 Å². The van der Waals surface area contributed by atoms with Crippen LogP contribution < -0.4 is 0 Å². The van der Waals surface area contributed by atoms with Gasteiger partial charge in [-0.3, -0.25) is 4.79 Å². The van der Waals surface area contributed by atoms with E-state index in [1.165, 1.54) is 0 Å². The minimum atomic E-state index is -1.68. The van der Waals surface area contributed by atoms with Crippen LogP contribution in [0, 0.1) is 17.3 Å². The Balaban J connectivity index is 1.94. The van der Waals surface area contributed by atoms with Crippen molar-refractivity contribution < 1.29 is 34.7 Å². The Morgan fingerprint density at radius 2 is 2.00 bits per heavy atom. The van der Waals surface area contributed by atoms with Crippen molar-refractivity contribution in [1.82, 2.24) is 0 Å². The van der Waals surface area contributed by atoms with Crippen LogP contribution >= 0.6 is 0 Å². The molecule has 0 amide bonds. The largest absolute Gasteiger partial charge is 0.456 e. The van der Waals surface area contributed by atoms with Crippen molar-refractivity contribution in [2.24, 2.45) is 17.3 Å². The summed E-state index contributed by atoms with van der Waals surface area (Å²) in [5.41, 5.74) is -5.68. The van der Waals surface area contributed by atoms with Crippen LogP contribution in [-0.2, 0) is 14.3 Å². The van der Waals surface area contributed by atoms with Crippen LogP contribution in [0.4, 0.5) is 0 Å². The first-order chi connectivity index (χ1) is 10.1. The number of carbonyl (C=O) groups excluding carboxylic acids is 1. The van der Waals surface area contributed by atoms with Crippen molar-refractivity contribution in [2.45, 2.75) is 62.3 Å². The Labute approximate surface area is 127 Å². The van der Waals surface area contributed by atoms with Gasteiger partial charge in [0.05, 0.1) is 23.7 Å². The van der Waals surface area contributed by atoms with E-state index < -0.39 is 52.4 Å². The van der Waals surface area contributed by atoms with Crippen molar-refractivity contribution in [1.29, 1.82) is 0 Å². The Morgan fingerprint density at radius 1 is 1.36 bits per heavy atom. The monoisotopic (exact) mass is 314 g/mol. The molecule has 0 aromatic heterocycles. The lowest BCUT2D eigenvalue weighted by Gasteiger charge is -2.58. The summed E-state index contributed by atoms with van der Waals surface area (Å²) in [6.45, 7) is 4.72. The molecule has 2 bridgehead atoms. The van der Waals surface area contributed by atoms with Gasteiger partial charge in [0.2, 0.25) is 0 Å². The fraction of sp³-hybridized carbons (Fsp3) is 0.933. The standard InChI is InChI=1S/C15H22O7/c1-6(2)15(20)8-11(18)21-10(15)9(17)12(3)13(8,19)4-7-14(12,5-16)22-7/h6-10,16-17,19-20H,4-5H2,1-3H3/t7-,8+,9-,10-,12-,13-,14-,15-/m1/s1. The molecule has 2 saturated heterocycles. The number of carbonyl (C=O) groups is 1. The molecule has 4 rings (SSSR count). The van der Waals surface area contributed by atoms with E-state index in [1.54, 1.807) is 20.8 Å². The van der Waals surface area contributed by atoms with Gasteiger partial charge >= 0.3 is 5.97 Å². The van der Waals surface area contributed by atoms with Gasteiger partial charge in [-0.05, 0) is 5.92 Å². The highest BCUT2D eigenvalue weighted by Crippen LogP contribution is 2.73. The van der Waals surface area contributed by atoms with Crippen molar-refractivity contribution in [3.63, 3.8) is 0 Å². The molecule has 7 heteroatoms. The van der Waals surface area contributed by atoms with Crippen LogP contribution in [-0.4, -0.2) is 68.1 Å². The molecule has 0 unspecified atom stereocenters. The third kappa shape index (κ3) is 1.11. The van der Waals surface area contributed by atoms with E-state index in [-0.39, 0.29) is 18.9 Å². The van der Waals surface area contributed by atoms with Gasteiger partial charge in [-0.25, -0.2) is 0 Å². The summed E-state index contributed by atoms with van der Waals surface area (Å²) in [5.74, 6) is -2.24. The molecule has 8 atom stereocenters. The number of epoxide rings is 1. The van der Waals surface area contributed by atoms with Gasteiger partial charge in [-0.15, -0.1) is 0 Å². The zero-order chi connectivity index (χ0) is 16.3. The Kier molecular flexibility index (Phi) is 2.48. The second kappa shape index (κ2) is 3.67. The summed E-state index contributed by atoms with van der Waals surface area (Å²) in [4.78, 5) is 12.4. The quantitative estimate of drug-likeness (QED) is 0.364. The summed E-state index contributed by atoms with van der Waals surface area (Å²) in [6.07, 6.45) is -2.80. The summed E-state index contributed by atoms with van der Waals surface area (Å²) in [5, 5.41) is 43.1. The van der Waals surface area contributed by atoms with Gasteiger partial charge in [0.1, 0.15) is 23.2 Å². The second-order valence-corrected chi connectivity index (χ2v) is 7.76. The molecule has 22 heavy (non-hydrogen) atoms. The highest BCUT2D eigenvalue weighted by molar-refractivity contribution is 5.80. The van der Waals surface area contributed by atoms with E-state index in [9.17, 15) is 25.2 Å². The number of fused-ring (bicyclic) bond motifs is 6. The van der Waals surface area contributed by atoms with E-state index >= 15 is 0 Å². The number of esters is 1. The highest BCUT2D eigenvalue weighted by Gasteiger charge is 2.90. The van der Waals surface area contributed by atoms with E-state index in [2.05, 4.69) is 0 Å². The molecule has 4 fully saturated rings. The zero-order valence-electron chi connectivity index (χ0n) is 12.8. The average Bonchev–Trinajstić information content (AvgIpc) is 3.03. The maximum Gasteiger partial charge on any atom is 0.315 e. The highest BCUT2D eigenvalue weighted by atomic mass is 16.6. The smallest absolute Gasteiger partial charge is 0.315 e. The number of aliphatic hydroxyl groups excluding tert-OH is 2. The minimum Gasteiger partial charge on any atom is -0.456 e. The van der Waals surface area contributed by atoms with Crippen molar-refractivity contribution in [2.75, 3.05) is 6.61 Å². The Morgan fingerprint density at radius 3 is 2.55 bits per heavy atom. The van der Waals surface area contributed by atoms with Gasteiger partial charge in [-0.2, -0.15) is 0 Å². The Bertz CT molecular complexity index is 560. The van der Waals surface area contributed by atoms with Gasteiger partial charge in [-0.1, -0.05) is 20.8 Å². The molecule has 0 aromatic rings. The van der Waals surface area contributed by atoms with Crippen LogP contribution in [0.5, 0.6) is 0 Å². The van der Waals surface area contributed by atoms with E-state index in [4.69, 9.17) is 9.47 Å². The molecule has 2 aliphatic heterocycles. The molecule has 0 aromatic carbocycles. The van der Waals surface area contributed by atoms with Crippen molar-refractivity contribution >= 4 is 5.97 Å². The topological polar surface area (TPSA) is 120 Å². The van der Waals surface area contributed by atoms with Crippen molar-refractivity contribution in [3.05, 3.63) is 0 Å². The lowest BCUT2D eigenvalue weighted by Crippen LogP contribution is -2.75. The van der Waals surface area contributed by atoms with Crippen LogP contribution in [0.2, 0.25) is 0 Å². The maximum atomic E-state index is 12.4. The number of hydrogen-bond donors (Lipinski definition) is 4. The summed E-state index contributed by atoms with van der Waals surface area (Å²) >= 11 is 0. The van der Waals surface area contributed by atoms with Crippen LogP contribution in [0.1, 0.15) is 27.2 Å². The van der Waals surface area contributed by atoms with Gasteiger partial charge < -0.3 is 29.9 Å².